The van der Waals surface area contributed by atoms with Crippen LogP contribution >= 0.6 is 0 Å². The zero-order valence-electron chi connectivity index (χ0n) is 38.4. The molecule has 4 aliphatic rings. The second kappa shape index (κ2) is 21.8. The van der Waals surface area contributed by atoms with Crippen LogP contribution in [0.15, 0.2) is 69.5 Å². The number of rotatable bonds is 16. The molecule has 3 unspecified atom stereocenters. The molecule has 2 N–H and O–H groups in total. The number of aliphatic carboxylic acids is 1. The summed E-state index contributed by atoms with van der Waals surface area (Å²) in [5, 5.41) is 14.7. The van der Waals surface area contributed by atoms with E-state index in [0.29, 0.717) is 30.5 Å². The van der Waals surface area contributed by atoms with E-state index in [2.05, 4.69) is 18.3 Å². The predicted octanol–water partition coefficient (Wildman–Crippen LogP) is 11.6. The Balaban J connectivity index is 0.000000197. The zero-order chi connectivity index (χ0) is 45.3. The van der Waals surface area contributed by atoms with Crippen LogP contribution in [0.25, 0.3) is 21.9 Å². The number of anilines is 1. The van der Waals surface area contributed by atoms with Crippen molar-refractivity contribution in [1.29, 1.82) is 0 Å². The van der Waals surface area contributed by atoms with Gasteiger partial charge in [0.25, 0.3) is 5.91 Å². The fraction of sp³-hybridized carbons (Fsp3) is 0.528. The number of fused-ring (bicyclic) bond motifs is 2. The zero-order valence-corrected chi connectivity index (χ0v) is 38.4. The van der Waals surface area contributed by atoms with E-state index in [0.717, 1.165) is 133 Å². The number of ketones is 1. The summed E-state index contributed by atoms with van der Waals surface area (Å²) in [6.07, 6.45) is 16.1. The van der Waals surface area contributed by atoms with Gasteiger partial charge in [0.1, 0.15) is 41.6 Å². The van der Waals surface area contributed by atoms with Gasteiger partial charge in [0.05, 0.1) is 24.7 Å². The number of Topliss-reactive ketones (excluding diaryl/α,β-unsaturated/α-hetero) is 1. The summed E-state index contributed by atoms with van der Waals surface area (Å²) in [5.74, 6) is 2.76. The number of ether oxygens (including phenoxy) is 4. The lowest BCUT2D eigenvalue weighted by Crippen LogP contribution is -2.29. The van der Waals surface area contributed by atoms with Crippen LogP contribution in [0.5, 0.6) is 11.5 Å². The van der Waals surface area contributed by atoms with Gasteiger partial charge < -0.3 is 43.1 Å². The molecule has 2 saturated carbocycles. The van der Waals surface area contributed by atoms with Crippen LogP contribution in [0.2, 0.25) is 0 Å². The third-order valence-corrected chi connectivity index (χ3v) is 13.8. The number of hydrogen-bond donors (Lipinski definition) is 2. The van der Waals surface area contributed by atoms with E-state index >= 15 is 0 Å². The van der Waals surface area contributed by atoms with Crippen molar-refractivity contribution in [3.05, 3.63) is 88.9 Å². The molecule has 3 atom stereocenters. The first-order valence-corrected chi connectivity index (χ1v) is 24.0. The molecule has 1 amide bonds. The highest BCUT2D eigenvalue weighted by Gasteiger charge is 2.31. The molecule has 3 aromatic carbocycles. The van der Waals surface area contributed by atoms with E-state index in [-0.39, 0.29) is 48.8 Å². The Bertz CT molecular complexity index is 2380. The SMILES string of the molecule is Cc1c(C(=O)C2CCCCC2)oc2ccc(OCC3CCCO3)cc12.Cc1c(C(Nc2ccc(C(=O)N(C)CCC(=O)O)cc2)C2CCCCC2)oc2ccc(OCC3CCCO3)cc12. The Morgan fingerprint density at radius 2 is 1.28 bits per heavy atom. The van der Waals surface area contributed by atoms with Crippen molar-refractivity contribution in [1.82, 2.24) is 4.90 Å². The second-order valence-electron chi connectivity index (χ2n) is 18.5. The minimum Gasteiger partial charge on any atom is -0.491 e. The summed E-state index contributed by atoms with van der Waals surface area (Å²) in [7, 11) is 1.62. The van der Waals surface area contributed by atoms with Gasteiger partial charge in [0, 0.05) is 65.9 Å². The van der Waals surface area contributed by atoms with Crippen LogP contribution < -0.4 is 14.8 Å². The third kappa shape index (κ3) is 11.6. The molecule has 2 aromatic heterocycles. The summed E-state index contributed by atoms with van der Waals surface area (Å²) < 4.78 is 35.7. The molecule has 4 fully saturated rings. The quantitative estimate of drug-likeness (QED) is 0.0911. The molecule has 2 aliphatic carbocycles. The second-order valence-corrected chi connectivity index (χ2v) is 18.5. The van der Waals surface area contributed by atoms with E-state index in [1.165, 1.54) is 30.6 Å². The standard InChI is InChI=1S/C32H40N2O6.C21H26O4/c1-21-27-19-25(39-20-26-9-6-18-38-26)14-15-28(27)40-31(21)30(22-7-4-3-5-8-22)33-24-12-10-23(11-13-24)32(37)34(2)17-16-29(35)36;1-14-18-12-16(24-13-17-8-5-11-23-17)9-10-19(18)25-21(14)20(22)15-6-3-2-4-7-15/h10-15,19,22,26,30,33H,3-9,16-18,20H2,1-2H3,(H,35,36);9-10,12,15,17H,2-8,11,13H2,1H3. The molecule has 4 heterocycles. The van der Waals surface area contributed by atoms with Crippen molar-refractivity contribution >= 4 is 45.3 Å². The predicted molar refractivity (Wildman–Crippen MR) is 250 cm³/mol. The Morgan fingerprint density at radius 1 is 0.708 bits per heavy atom. The fourth-order valence-corrected chi connectivity index (χ4v) is 9.95. The van der Waals surface area contributed by atoms with Gasteiger partial charge in [-0.2, -0.15) is 0 Å². The molecule has 2 aliphatic heterocycles. The average Bonchev–Trinajstić information content (AvgIpc) is 4.18. The van der Waals surface area contributed by atoms with Gasteiger partial charge in [0.2, 0.25) is 5.78 Å². The highest BCUT2D eigenvalue weighted by atomic mass is 16.5. The van der Waals surface area contributed by atoms with Crippen LogP contribution in [0, 0.1) is 25.7 Å². The highest BCUT2D eigenvalue weighted by molar-refractivity contribution is 6.01. The van der Waals surface area contributed by atoms with Gasteiger partial charge in [-0.25, -0.2) is 0 Å². The third-order valence-electron chi connectivity index (χ3n) is 13.8. The van der Waals surface area contributed by atoms with E-state index in [9.17, 15) is 14.4 Å². The number of furan rings is 2. The summed E-state index contributed by atoms with van der Waals surface area (Å²) in [4.78, 5) is 37.9. The summed E-state index contributed by atoms with van der Waals surface area (Å²) in [6.45, 7) is 7.06. The minimum absolute atomic E-state index is 0.00347. The van der Waals surface area contributed by atoms with Crippen molar-refractivity contribution in [3.63, 3.8) is 0 Å². The monoisotopic (exact) mass is 890 g/mol. The van der Waals surface area contributed by atoms with Gasteiger partial charge in [-0.1, -0.05) is 38.5 Å². The van der Waals surface area contributed by atoms with Gasteiger partial charge in [-0.3, -0.25) is 14.4 Å². The van der Waals surface area contributed by atoms with Gasteiger partial charge in [-0.15, -0.1) is 0 Å². The van der Waals surface area contributed by atoms with E-state index in [4.69, 9.17) is 32.9 Å². The first-order chi connectivity index (χ1) is 31.6. The first-order valence-electron chi connectivity index (χ1n) is 24.0. The lowest BCUT2D eigenvalue weighted by atomic mass is 9.82. The number of nitrogens with zero attached hydrogens (tertiary/aromatic N) is 1. The Hall–Kier alpha value is -5.33. The van der Waals surface area contributed by atoms with Crippen molar-refractivity contribution in [2.75, 3.05) is 45.3 Å². The highest BCUT2D eigenvalue weighted by Crippen LogP contribution is 2.42. The van der Waals surface area contributed by atoms with Gasteiger partial charge in [0.15, 0.2) is 5.76 Å². The molecule has 5 aromatic rings. The number of benzene rings is 3. The Morgan fingerprint density at radius 3 is 1.85 bits per heavy atom. The van der Waals surface area contributed by atoms with Crippen LogP contribution in [-0.2, 0) is 14.3 Å². The van der Waals surface area contributed by atoms with Crippen molar-refractivity contribution in [2.45, 2.75) is 128 Å². The smallest absolute Gasteiger partial charge is 0.305 e. The number of aryl methyl sites for hydroxylation is 2. The molecule has 0 bridgehead atoms. The summed E-state index contributed by atoms with van der Waals surface area (Å²) in [5.41, 5.74) is 5.12. The molecule has 2 saturated heterocycles. The number of carbonyl (C=O) groups excluding carboxylic acids is 2. The number of carbonyl (C=O) groups is 3. The molecule has 9 rings (SSSR count). The largest absolute Gasteiger partial charge is 0.491 e. The molecular weight excluding hydrogens is 825 g/mol. The number of amides is 1. The number of carboxylic acid groups (broad SMARTS) is 1. The Kier molecular flexibility index (Phi) is 15.5. The lowest BCUT2D eigenvalue weighted by Gasteiger charge is -2.31. The maximum absolute atomic E-state index is 12.8. The van der Waals surface area contributed by atoms with Crippen molar-refractivity contribution < 1.29 is 47.3 Å². The molecule has 12 heteroatoms. The first kappa shape index (κ1) is 46.2. The number of nitrogens with one attached hydrogen (secondary N) is 1. The van der Waals surface area contributed by atoms with Crippen molar-refractivity contribution in [2.24, 2.45) is 11.8 Å². The minimum atomic E-state index is -0.920. The van der Waals surface area contributed by atoms with Gasteiger partial charge >= 0.3 is 5.97 Å². The summed E-state index contributed by atoms with van der Waals surface area (Å²) >= 11 is 0. The molecule has 348 valence electrons. The average molecular weight is 891 g/mol. The maximum atomic E-state index is 12.8. The Labute approximate surface area is 382 Å². The molecule has 0 spiro atoms. The molecule has 12 nitrogen and oxygen atoms in total. The van der Waals surface area contributed by atoms with E-state index in [1.807, 2.05) is 49.4 Å². The number of hydrogen-bond acceptors (Lipinski definition) is 10. The van der Waals surface area contributed by atoms with Gasteiger partial charge in [-0.05, 0) is 132 Å². The lowest BCUT2D eigenvalue weighted by molar-refractivity contribution is -0.137. The maximum Gasteiger partial charge on any atom is 0.305 e. The topological polar surface area (TPSA) is 150 Å². The van der Waals surface area contributed by atoms with Crippen LogP contribution in [0.1, 0.15) is 140 Å². The molecular formula is C53H66N2O10. The van der Waals surface area contributed by atoms with Crippen molar-refractivity contribution in [3.8, 4) is 11.5 Å². The molecule has 65 heavy (non-hydrogen) atoms. The molecule has 0 radical (unpaired) electrons. The van der Waals surface area contributed by atoms with Crippen LogP contribution in [-0.4, -0.2) is 79.9 Å². The van der Waals surface area contributed by atoms with Crippen LogP contribution in [0.4, 0.5) is 5.69 Å². The van der Waals surface area contributed by atoms with E-state index in [1.54, 1.807) is 19.2 Å². The fourth-order valence-electron chi connectivity index (χ4n) is 9.95. The number of carboxylic acids is 1. The normalized spacial score (nSPS) is 19.7. The summed E-state index contributed by atoms with van der Waals surface area (Å²) in [6, 6.07) is 19.3. The van der Waals surface area contributed by atoms with E-state index < -0.39 is 5.97 Å². The van der Waals surface area contributed by atoms with Crippen LogP contribution in [0.3, 0.4) is 0 Å².